The third kappa shape index (κ3) is 2.48. The van der Waals surface area contributed by atoms with E-state index >= 15 is 0 Å². The third-order valence-corrected chi connectivity index (χ3v) is 1.73. The van der Waals surface area contributed by atoms with E-state index in [1.54, 1.807) is 13.8 Å². The Balaban J connectivity index is 4.22. The van der Waals surface area contributed by atoms with E-state index in [1.165, 1.54) is 14.2 Å². The Morgan fingerprint density at radius 3 is 2.18 bits per heavy atom. The summed E-state index contributed by atoms with van der Waals surface area (Å²) in [6.07, 6.45) is 0. The predicted octanol–water partition coefficient (Wildman–Crippen LogP) is -0.0883. The Labute approximate surface area is 66.7 Å². The van der Waals surface area contributed by atoms with E-state index in [-0.39, 0.29) is 0 Å². The van der Waals surface area contributed by atoms with Crippen LogP contribution in [0.2, 0.25) is 0 Å². The second kappa shape index (κ2) is 3.69. The lowest BCUT2D eigenvalue weighted by Gasteiger charge is -2.27. The van der Waals surface area contributed by atoms with Crippen molar-refractivity contribution in [2.45, 2.75) is 25.5 Å². The fraction of sp³-hybridized carbons (Fsp3) is 0.857. The zero-order chi connectivity index (χ0) is 9.07. The van der Waals surface area contributed by atoms with Crippen molar-refractivity contribution in [1.29, 1.82) is 0 Å². The quantitative estimate of drug-likeness (QED) is 0.588. The molecule has 0 aliphatic heterocycles. The average Bonchev–Trinajstić information content (AvgIpc) is 2.01. The molecular formula is C7H15NO3. The summed E-state index contributed by atoms with van der Waals surface area (Å²) in [6.45, 7) is 3.46. The van der Waals surface area contributed by atoms with Crippen molar-refractivity contribution >= 4 is 5.97 Å². The van der Waals surface area contributed by atoms with Gasteiger partial charge in [0.05, 0.1) is 12.7 Å². The molecule has 4 nitrogen and oxygen atoms in total. The van der Waals surface area contributed by atoms with Gasteiger partial charge in [-0.15, -0.1) is 0 Å². The minimum atomic E-state index is -0.738. The van der Waals surface area contributed by atoms with Crippen LogP contribution in [-0.4, -0.2) is 31.8 Å². The molecule has 66 valence electrons. The average molecular weight is 161 g/mol. The van der Waals surface area contributed by atoms with Gasteiger partial charge in [0, 0.05) is 7.11 Å². The van der Waals surface area contributed by atoms with Crippen LogP contribution < -0.4 is 5.73 Å². The van der Waals surface area contributed by atoms with Gasteiger partial charge in [-0.05, 0) is 13.8 Å². The molecule has 0 saturated carbocycles. The molecule has 0 heterocycles. The Kier molecular flexibility index (Phi) is 3.48. The zero-order valence-corrected chi connectivity index (χ0v) is 7.38. The van der Waals surface area contributed by atoms with Crippen LogP contribution in [0.15, 0.2) is 0 Å². The molecule has 0 aliphatic carbocycles. The van der Waals surface area contributed by atoms with E-state index in [0.29, 0.717) is 0 Å². The molecule has 0 amide bonds. The van der Waals surface area contributed by atoms with Crippen LogP contribution in [0.3, 0.4) is 0 Å². The SMILES string of the molecule is COC(=O)[C@H](N)C(C)(C)OC. The molecule has 0 aromatic rings. The lowest BCUT2D eigenvalue weighted by atomic mass is 10.00. The Morgan fingerprint density at radius 2 is 1.91 bits per heavy atom. The maximum Gasteiger partial charge on any atom is 0.325 e. The summed E-state index contributed by atoms with van der Waals surface area (Å²) in [7, 11) is 2.80. The minimum absolute atomic E-state index is 0.461. The summed E-state index contributed by atoms with van der Waals surface area (Å²) in [5, 5.41) is 0. The lowest BCUT2D eigenvalue weighted by Crippen LogP contribution is -2.50. The Bertz CT molecular complexity index is 145. The van der Waals surface area contributed by atoms with Crippen molar-refractivity contribution in [3.63, 3.8) is 0 Å². The first kappa shape index (κ1) is 10.4. The van der Waals surface area contributed by atoms with Gasteiger partial charge in [-0.3, -0.25) is 4.79 Å². The fourth-order valence-corrected chi connectivity index (χ4v) is 0.538. The number of ether oxygens (including phenoxy) is 2. The van der Waals surface area contributed by atoms with Gasteiger partial charge in [-0.25, -0.2) is 0 Å². The summed E-state index contributed by atoms with van der Waals surface area (Å²) in [5.74, 6) is -0.461. The van der Waals surface area contributed by atoms with Gasteiger partial charge in [0.1, 0.15) is 6.04 Å². The van der Waals surface area contributed by atoms with Crippen LogP contribution in [0.5, 0.6) is 0 Å². The number of carbonyl (C=O) groups excluding carboxylic acids is 1. The zero-order valence-electron chi connectivity index (χ0n) is 7.38. The summed E-state index contributed by atoms with van der Waals surface area (Å²) < 4.78 is 9.45. The highest BCUT2D eigenvalue weighted by molar-refractivity contribution is 5.76. The van der Waals surface area contributed by atoms with Crippen molar-refractivity contribution in [1.82, 2.24) is 0 Å². The van der Waals surface area contributed by atoms with E-state index in [4.69, 9.17) is 10.5 Å². The first-order chi connectivity index (χ1) is 4.95. The normalized spacial score (nSPS) is 14.3. The van der Waals surface area contributed by atoms with Gasteiger partial charge in [0.15, 0.2) is 0 Å². The third-order valence-electron chi connectivity index (χ3n) is 1.73. The van der Waals surface area contributed by atoms with Gasteiger partial charge in [0.25, 0.3) is 0 Å². The van der Waals surface area contributed by atoms with Crippen LogP contribution in [0.1, 0.15) is 13.8 Å². The molecule has 0 bridgehead atoms. The monoisotopic (exact) mass is 161 g/mol. The molecule has 0 aromatic carbocycles. The van der Waals surface area contributed by atoms with Crippen LogP contribution in [0.4, 0.5) is 0 Å². The molecule has 4 heteroatoms. The largest absolute Gasteiger partial charge is 0.468 e. The van der Waals surface area contributed by atoms with Gasteiger partial charge in [-0.2, -0.15) is 0 Å². The number of hydrogen-bond acceptors (Lipinski definition) is 4. The molecule has 2 N–H and O–H groups in total. The molecule has 0 aliphatic rings. The predicted molar refractivity (Wildman–Crippen MR) is 41.1 cm³/mol. The highest BCUT2D eigenvalue weighted by Gasteiger charge is 2.32. The van der Waals surface area contributed by atoms with E-state index in [0.717, 1.165) is 0 Å². The van der Waals surface area contributed by atoms with E-state index < -0.39 is 17.6 Å². The Hall–Kier alpha value is -0.610. The van der Waals surface area contributed by atoms with E-state index in [1.807, 2.05) is 0 Å². The number of methoxy groups -OCH3 is 2. The first-order valence-electron chi connectivity index (χ1n) is 3.34. The number of carbonyl (C=O) groups is 1. The molecule has 0 radical (unpaired) electrons. The fourth-order valence-electron chi connectivity index (χ4n) is 0.538. The van der Waals surface area contributed by atoms with Gasteiger partial charge < -0.3 is 15.2 Å². The molecule has 0 fully saturated rings. The molecule has 0 spiro atoms. The molecular weight excluding hydrogens is 146 g/mol. The molecule has 0 rings (SSSR count). The number of rotatable bonds is 3. The topological polar surface area (TPSA) is 61.5 Å². The minimum Gasteiger partial charge on any atom is -0.468 e. The van der Waals surface area contributed by atoms with Crippen molar-refractivity contribution in [3.05, 3.63) is 0 Å². The number of hydrogen-bond donors (Lipinski definition) is 1. The number of esters is 1. The summed E-state index contributed by atoms with van der Waals surface area (Å²) >= 11 is 0. The highest BCUT2D eigenvalue weighted by atomic mass is 16.5. The van der Waals surface area contributed by atoms with E-state index in [2.05, 4.69) is 4.74 Å². The second-order valence-corrected chi connectivity index (χ2v) is 2.81. The van der Waals surface area contributed by atoms with E-state index in [9.17, 15) is 4.79 Å². The first-order valence-corrected chi connectivity index (χ1v) is 3.34. The summed E-state index contributed by atoms with van der Waals surface area (Å²) in [5.41, 5.74) is 4.84. The maximum absolute atomic E-state index is 10.9. The number of nitrogens with two attached hydrogens (primary N) is 1. The second-order valence-electron chi connectivity index (χ2n) is 2.81. The molecule has 0 aromatic heterocycles. The van der Waals surface area contributed by atoms with Crippen LogP contribution in [0.25, 0.3) is 0 Å². The molecule has 0 unspecified atom stereocenters. The summed E-state index contributed by atoms with van der Waals surface area (Å²) in [6, 6.07) is -0.738. The lowest BCUT2D eigenvalue weighted by molar-refractivity contribution is -0.149. The maximum atomic E-state index is 10.9. The summed E-state index contributed by atoms with van der Waals surface area (Å²) in [4.78, 5) is 10.9. The van der Waals surface area contributed by atoms with Gasteiger partial charge in [-0.1, -0.05) is 0 Å². The van der Waals surface area contributed by atoms with Gasteiger partial charge >= 0.3 is 5.97 Å². The van der Waals surface area contributed by atoms with Gasteiger partial charge in [0.2, 0.25) is 0 Å². The van der Waals surface area contributed by atoms with Crippen molar-refractivity contribution < 1.29 is 14.3 Å². The van der Waals surface area contributed by atoms with Crippen LogP contribution >= 0.6 is 0 Å². The highest BCUT2D eigenvalue weighted by Crippen LogP contribution is 2.12. The molecule has 0 saturated heterocycles. The Morgan fingerprint density at radius 1 is 1.45 bits per heavy atom. The van der Waals surface area contributed by atoms with Crippen LogP contribution in [-0.2, 0) is 14.3 Å². The van der Waals surface area contributed by atoms with Crippen LogP contribution in [0, 0.1) is 0 Å². The van der Waals surface area contributed by atoms with Crippen molar-refractivity contribution in [2.75, 3.05) is 14.2 Å². The van der Waals surface area contributed by atoms with Crippen molar-refractivity contribution in [3.8, 4) is 0 Å². The standard InChI is InChI=1S/C7H15NO3/c1-7(2,11-4)5(8)6(9)10-3/h5H,8H2,1-4H3/t5-/m0/s1. The smallest absolute Gasteiger partial charge is 0.325 e. The molecule has 1 atom stereocenters. The van der Waals surface area contributed by atoms with Crippen molar-refractivity contribution in [2.24, 2.45) is 5.73 Å². The molecule has 11 heavy (non-hydrogen) atoms.